The fourth-order valence-electron chi connectivity index (χ4n) is 2.80. The normalized spacial score (nSPS) is 38.5. The predicted molar refractivity (Wildman–Crippen MR) is 53.8 cm³/mol. The lowest BCUT2D eigenvalue weighted by atomic mass is 10.0. The van der Waals surface area contributed by atoms with E-state index < -0.39 is 0 Å². The van der Waals surface area contributed by atoms with Crippen LogP contribution in [0.15, 0.2) is 0 Å². The van der Waals surface area contributed by atoms with Crippen molar-refractivity contribution in [1.29, 1.82) is 0 Å². The fourth-order valence-corrected chi connectivity index (χ4v) is 2.80. The molecule has 2 heterocycles. The Hall–Kier alpha value is -0.570. The van der Waals surface area contributed by atoms with Crippen molar-refractivity contribution in [3.05, 3.63) is 0 Å². The predicted octanol–water partition coefficient (Wildman–Crippen LogP) is 0.464. The number of fused-ring (bicyclic) bond motifs is 1. The van der Waals surface area contributed by atoms with Crippen molar-refractivity contribution in [1.82, 2.24) is 10.2 Å². The molecule has 1 aliphatic carbocycles. The second-order valence-electron chi connectivity index (χ2n) is 5.45. The maximum absolute atomic E-state index is 12.1. The summed E-state index contributed by atoms with van der Waals surface area (Å²) in [5.41, 5.74) is 0.0338. The third kappa shape index (κ3) is 1.18. The highest BCUT2D eigenvalue weighted by atomic mass is 16.2. The lowest BCUT2D eigenvalue weighted by Gasteiger charge is -2.21. The first-order valence-corrected chi connectivity index (χ1v) is 5.69. The van der Waals surface area contributed by atoms with Crippen LogP contribution in [0.2, 0.25) is 0 Å². The number of nitrogens with zero attached hydrogens (tertiary/aromatic N) is 1. The van der Waals surface area contributed by atoms with Crippen LogP contribution in [0.25, 0.3) is 0 Å². The highest BCUT2D eigenvalue weighted by Gasteiger charge is 2.50. The van der Waals surface area contributed by atoms with Gasteiger partial charge in [0.25, 0.3) is 0 Å². The van der Waals surface area contributed by atoms with Crippen molar-refractivity contribution < 1.29 is 4.79 Å². The van der Waals surface area contributed by atoms with Gasteiger partial charge in [-0.1, -0.05) is 6.92 Å². The summed E-state index contributed by atoms with van der Waals surface area (Å²) in [6.45, 7) is 6.36. The standard InChI is InChI=1S/C11H18N2O/c1-11(2-3-11)10(14)13-6-8-4-12-5-9(8)7-13/h8-9,12H,2-7H2,1H3. The Bertz CT molecular complexity index is 260. The minimum Gasteiger partial charge on any atom is -0.342 e. The summed E-state index contributed by atoms with van der Waals surface area (Å²) in [6, 6.07) is 0. The topological polar surface area (TPSA) is 32.3 Å². The van der Waals surface area contributed by atoms with Gasteiger partial charge in [0.2, 0.25) is 5.91 Å². The number of carbonyl (C=O) groups excluding carboxylic acids is 1. The average Bonchev–Trinajstić information content (AvgIpc) is 2.63. The molecular formula is C11H18N2O. The molecule has 2 atom stereocenters. The van der Waals surface area contributed by atoms with E-state index in [1.165, 1.54) is 0 Å². The molecule has 0 radical (unpaired) electrons. The van der Waals surface area contributed by atoms with E-state index in [9.17, 15) is 4.79 Å². The van der Waals surface area contributed by atoms with Gasteiger partial charge in [-0.3, -0.25) is 4.79 Å². The Morgan fingerprint density at radius 3 is 2.36 bits per heavy atom. The van der Waals surface area contributed by atoms with Crippen LogP contribution in [-0.4, -0.2) is 37.0 Å². The SMILES string of the molecule is CC1(C(=O)N2CC3CNCC3C2)CC1. The third-order valence-electron chi connectivity index (χ3n) is 4.19. The number of hydrogen-bond acceptors (Lipinski definition) is 2. The van der Waals surface area contributed by atoms with Crippen molar-refractivity contribution >= 4 is 5.91 Å². The molecule has 0 spiro atoms. The number of nitrogens with one attached hydrogen (secondary N) is 1. The van der Waals surface area contributed by atoms with Gasteiger partial charge in [-0.25, -0.2) is 0 Å². The molecule has 2 aliphatic heterocycles. The zero-order valence-electron chi connectivity index (χ0n) is 8.75. The van der Waals surface area contributed by atoms with Crippen molar-refractivity contribution in [3.8, 4) is 0 Å². The molecule has 3 heteroatoms. The molecule has 2 unspecified atom stereocenters. The number of likely N-dealkylation sites (tertiary alicyclic amines) is 1. The first-order chi connectivity index (χ1) is 6.69. The zero-order chi connectivity index (χ0) is 9.76. The van der Waals surface area contributed by atoms with Gasteiger partial charge in [-0.05, 0) is 24.7 Å². The van der Waals surface area contributed by atoms with E-state index in [4.69, 9.17) is 0 Å². The highest BCUT2D eigenvalue weighted by Crippen LogP contribution is 2.47. The molecule has 3 aliphatic rings. The van der Waals surface area contributed by atoms with Gasteiger partial charge < -0.3 is 10.2 Å². The van der Waals surface area contributed by atoms with Gasteiger partial charge in [0, 0.05) is 31.6 Å². The van der Waals surface area contributed by atoms with Gasteiger partial charge in [0.05, 0.1) is 0 Å². The number of carbonyl (C=O) groups is 1. The van der Waals surface area contributed by atoms with E-state index in [-0.39, 0.29) is 5.41 Å². The third-order valence-corrected chi connectivity index (χ3v) is 4.19. The smallest absolute Gasteiger partial charge is 0.228 e. The minimum atomic E-state index is 0.0338. The van der Waals surface area contributed by atoms with Crippen LogP contribution >= 0.6 is 0 Å². The lowest BCUT2D eigenvalue weighted by Crippen LogP contribution is -2.36. The van der Waals surface area contributed by atoms with Gasteiger partial charge in [-0.15, -0.1) is 0 Å². The zero-order valence-corrected chi connectivity index (χ0v) is 8.75. The second kappa shape index (κ2) is 2.72. The van der Waals surface area contributed by atoms with Crippen molar-refractivity contribution in [2.75, 3.05) is 26.2 Å². The largest absolute Gasteiger partial charge is 0.342 e. The average molecular weight is 194 g/mol. The highest BCUT2D eigenvalue weighted by molar-refractivity contribution is 5.85. The summed E-state index contributed by atoms with van der Waals surface area (Å²) in [6.07, 6.45) is 2.21. The van der Waals surface area contributed by atoms with Crippen LogP contribution in [0.4, 0.5) is 0 Å². The molecule has 0 aromatic rings. The summed E-state index contributed by atoms with van der Waals surface area (Å²) < 4.78 is 0. The summed E-state index contributed by atoms with van der Waals surface area (Å²) in [7, 11) is 0. The monoisotopic (exact) mass is 194 g/mol. The maximum Gasteiger partial charge on any atom is 0.228 e. The quantitative estimate of drug-likeness (QED) is 0.658. The molecule has 1 saturated carbocycles. The Kier molecular flexibility index (Phi) is 1.69. The fraction of sp³-hybridized carbons (Fsp3) is 0.909. The minimum absolute atomic E-state index is 0.0338. The van der Waals surface area contributed by atoms with Crippen LogP contribution < -0.4 is 5.32 Å². The number of hydrogen-bond donors (Lipinski definition) is 1. The lowest BCUT2D eigenvalue weighted by molar-refractivity contribution is -0.135. The maximum atomic E-state index is 12.1. The molecule has 0 aromatic carbocycles. The van der Waals surface area contributed by atoms with E-state index in [1.807, 2.05) is 0 Å². The van der Waals surface area contributed by atoms with Gasteiger partial charge in [-0.2, -0.15) is 0 Å². The summed E-state index contributed by atoms with van der Waals surface area (Å²) >= 11 is 0. The molecule has 3 fully saturated rings. The molecule has 1 amide bonds. The number of rotatable bonds is 1. The summed E-state index contributed by atoms with van der Waals surface area (Å²) in [5, 5.41) is 3.40. The van der Waals surface area contributed by atoms with Crippen LogP contribution in [-0.2, 0) is 4.79 Å². The molecule has 14 heavy (non-hydrogen) atoms. The Morgan fingerprint density at radius 1 is 1.29 bits per heavy atom. The second-order valence-corrected chi connectivity index (χ2v) is 5.45. The molecule has 78 valence electrons. The molecule has 3 rings (SSSR count). The van der Waals surface area contributed by atoms with E-state index in [2.05, 4.69) is 17.1 Å². The first kappa shape index (κ1) is 8.72. The molecule has 1 N–H and O–H groups in total. The van der Waals surface area contributed by atoms with Crippen molar-refractivity contribution in [3.63, 3.8) is 0 Å². The van der Waals surface area contributed by atoms with E-state index >= 15 is 0 Å². The van der Waals surface area contributed by atoms with Gasteiger partial charge >= 0.3 is 0 Å². The molecule has 3 nitrogen and oxygen atoms in total. The van der Waals surface area contributed by atoms with Crippen molar-refractivity contribution in [2.45, 2.75) is 19.8 Å². The Labute approximate surface area is 84.8 Å². The Morgan fingerprint density at radius 2 is 1.86 bits per heavy atom. The Balaban J connectivity index is 1.68. The molecule has 0 aromatic heterocycles. The van der Waals surface area contributed by atoms with Gasteiger partial charge in [0.1, 0.15) is 0 Å². The van der Waals surface area contributed by atoms with Crippen LogP contribution in [0.3, 0.4) is 0 Å². The molecular weight excluding hydrogens is 176 g/mol. The van der Waals surface area contributed by atoms with Crippen LogP contribution in [0.5, 0.6) is 0 Å². The molecule has 0 bridgehead atoms. The van der Waals surface area contributed by atoms with Crippen LogP contribution in [0.1, 0.15) is 19.8 Å². The summed E-state index contributed by atoms with van der Waals surface area (Å²) in [4.78, 5) is 14.2. The first-order valence-electron chi connectivity index (χ1n) is 5.69. The number of amides is 1. The van der Waals surface area contributed by atoms with Gasteiger partial charge in [0.15, 0.2) is 0 Å². The van der Waals surface area contributed by atoms with E-state index in [1.54, 1.807) is 0 Å². The van der Waals surface area contributed by atoms with Crippen LogP contribution in [0, 0.1) is 17.3 Å². The van der Waals surface area contributed by atoms with E-state index in [0.29, 0.717) is 5.91 Å². The van der Waals surface area contributed by atoms with Crippen molar-refractivity contribution in [2.24, 2.45) is 17.3 Å². The van der Waals surface area contributed by atoms with E-state index in [0.717, 1.165) is 50.9 Å². The molecule has 2 saturated heterocycles. The summed E-state index contributed by atoms with van der Waals surface area (Å²) in [5.74, 6) is 1.90.